The first-order valence-electron chi connectivity index (χ1n) is 11.4. The van der Waals surface area contributed by atoms with Gasteiger partial charge in [-0.2, -0.15) is 0 Å². The van der Waals surface area contributed by atoms with Crippen LogP contribution in [0.2, 0.25) is 0 Å². The number of aryl methyl sites for hydroxylation is 1. The minimum absolute atomic E-state index is 0.0124. The standard InChI is InChI=1S/C19H14S/c1-13-15(14-7-3-2-4-8-14)11-12-18-19(13)16-9-5-6-10-17(16)20-18/h2-12H,1H3/i2D,3D,4D,5D,6D,7D,8D,9D,10D,11D,12D. The summed E-state index contributed by atoms with van der Waals surface area (Å²) in [5.41, 5.74) is 0.108. The maximum Gasteiger partial charge on any atom is 0.0638 e. The fourth-order valence-corrected chi connectivity index (χ4v) is 3.25. The second-order valence-electron chi connectivity index (χ2n) is 4.26. The predicted molar refractivity (Wildman–Crippen MR) is 89.5 cm³/mol. The first kappa shape index (κ1) is 5.01. The molecule has 96 valence electrons. The summed E-state index contributed by atoms with van der Waals surface area (Å²) in [5, 5.41) is 0.528. The summed E-state index contributed by atoms with van der Waals surface area (Å²) < 4.78 is 90.3. The Morgan fingerprint density at radius 3 is 2.40 bits per heavy atom. The van der Waals surface area contributed by atoms with E-state index in [4.69, 9.17) is 15.1 Å². The van der Waals surface area contributed by atoms with E-state index < -0.39 is 42.3 Å². The van der Waals surface area contributed by atoms with E-state index in [1.807, 2.05) is 0 Å². The van der Waals surface area contributed by atoms with E-state index in [1.54, 1.807) is 6.92 Å². The van der Waals surface area contributed by atoms with Crippen LogP contribution in [0.25, 0.3) is 31.3 Å². The second-order valence-corrected chi connectivity index (χ2v) is 5.28. The van der Waals surface area contributed by atoms with E-state index in [0.717, 1.165) is 11.3 Å². The van der Waals surface area contributed by atoms with Crippen LogP contribution >= 0.6 is 11.3 Å². The van der Waals surface area contributed by atoms with E-state index in [2.05, 4.69) is 0 Å². The van der Waals surface area contributed by atoms with E-state index in [1.165, 1.54) is 0 Å². The zero-order chi connectivity index (χ0) is 23.1. The molecular formula is C19H14S. The van der Waals surface area contributed by atoms with Gasteiger partial charge in [0.05, 0.1) is 15.1 Å². The molecule has 0 amide bonds. The predicted octanol–water partition coefficient (Wildman–Crippen LogP) is 6.03. The van der Waals surface area contributed by atoms with Gasteiger partial charge in [0.25, 0.3) is 0 Å². The quantitative estimate of drug-likeness (QED) is 0.400. The lowest BCUT2D eigenvalue weighted by molar-refractivity contribution is 1.52. The largest absolute Gasteiger partial charge is 0.135 e. The van der Waals surface area contributed by atoms with Crippen LogP contribution in [-0.2, 0) is 0 Å². The minimum Gasteiger partial charge on any atom is -0.135 e. The second kappa shape index (κ2) is 4.46. The Bertz CT molecular complexity index is 1420. The molecule has 1 heteroatoms. The van der Waals surface area contributed by atoms with E-state index >= 15 is 0 Å². The van der Waals surface area contributed by atoms with Crippen LogP contribution in [0.3, 0.4) is 0 Å². The van der Waals surface area contributed by atoms with Gasteiger partial charge in [-0.3, -0.25) is 0 Å². The van der Waals surface area contributed by atoms with Crippen molar-refractivity contribution in [3.05, 3.63) is 72.0 Å². The summed E-state index contributed by atoms with van der Waals surface area (Å²) >= 11 is 0.985. The van der Waals surface area contributed by atoms with Gasteiger partial charge in [0.2, 0.25) is 0 Å². The molecule has 4 aromatic rings. The number of rotatable bonds is 1. The first-order valence-corrected chi connectivity index (χ1v) is 6.72. The van der Waals surface area contributed by atoms with E-state index in [-0.39, 0.29) is 45.4 Å². The number of fused-ring (bicyclic) bond motifs is 3. The van der Waals surface area contributed by atoms with Crippen molar-refractivity contribution in [2.75, 3.05) is 0 Å². The SMILES string of the molecule is [2H]c1c([2H])c([2H])c(-c2c([2H])c([2H])c3sc4c([2H])c([2H])c([2H])c([2H])c4c3c2C)c([2H])c1[2H]. The summed E-state index contributed by atoms with van der Waals surface area (Å²) in [6.45, 7) is 1.57. The van der Waals surface area contributed by atoms with Gasteiger partial charge in [-0.05, 0) is 35.7 Å². The molecule has 1 aromatic heterocycles. The highest BCUT2D eigenvalue weighted by Gasteiger charge is 2.10. The Balaban J connectivity index is 2.30. The first-order chi connectivity index (χ1) is 14.4. The van der Waals surface area contributed by atoms with Crippen LogP contribution in [0, 0.1) is 6.92 Å². The Morgan fingerprint density at radius 2 is 1.55 bits per heavy atom. The molecule has 0 radical (unpaired) electrons. The molecule has 0 saturated carbocycles. The van der Waals surface area contributed by atoms with Crippen LogP contribution in [-0.4, -0.2) is 0 Å². The lowest BCUT2D eigenvalue weighted by Crippen LogP contribution is -1.83. The summed E-state index contributed by atoms with van der Waals surface area (Å²) in [6.07, 6.45) is 0. The molecular weight excluding hydrogens is 260 g/mol. The van der Waals surface area contributed by atoms with Crippen molar-refractivity contribution < 1.29 is 15.1 Å². The normalized spacial score (nSPS) is 18.9. The molecule has 0 saturated heterocycles. The fourth-order valence-electron chi connectivity index (χ4n) is 2.23. The average molecular weight is 285 g/mol. The van der Waals surface area contributed by atoms with Crippen LogP contribution in [0.15, 0.2) is 66.5 Å². The third kappa shape index (κ3) is 1.67. The molecule has 1 heterocycles. The minimum atomic E-state index is -0.565. The molecule has 3 aromatic carbocycles. The molecule has 0 aliphatic rings. The Labute approximate surface area is 137 Å². The van der Waals surface area contributed by atoms with Gasteiger partial charge in [-0.1, -0.05) is 54.4 Å². The van der Waals surface area contributed by atoms with Gasteiger partial charge in [0, 0.05) is 20.2 Å². The van der Waals surface area contributed by atoms with Gasteiger partial charge < -0.3 is 0 Å². The van der Waals surface area contributed by atoms with E-state index in [9.17, 15) is 0 Å². The Morgan fingerprint density at radius 1 is 0.800 bits per heavy atom. The van der Waals surface area contributed by atoms with Crippen LogP contribution < -0.4 is 0 Å². The summed E-state index contributed by atoms with van der Waals surface area (Å²) in [7, 11) is 0. The van der Waals surface area contributed by atoms with Gasteiger partial charge in [-0.15, -0.1) is 11.3 Å². The zero-order valence-electron chi connectivity index (χ0n) is 21.4. The summed E-state index contributed by atoms with van der Waals surface area (Å²) in [5.74, 6) is 0. The van der Waals surface area contributed by atoms with Crippen LogP contribution in [0.4, 0.5) is 0 Å². The maximum absolute atomic E-state index is 8.52. The van der Waals surface area contributed by atoms with Crippen molar-refractivity contribution in [1.29, 1.82) is 0 Å². The molecule has 0 aliphatic carbocycles. The van der Waals surface area contributed by atoms with Gasteiger partial charge in [0.15, 0.2) is 0 Å². The number of thiophene rings is 1. The van der Waals surface area contributed by atoms with Crippen molar-refractivity contribution in [2.45, 2.75) is 6.92 Å². The van der Waals surface area contributed by atoms with Gasteiger partial charge in [-0.25, -0.2) is 0 Å². The third-order valence-electron chi connectivity index (χ3n) is 3.14. The smallest absolute Gasteiger partial charge is 0.0638 e. The Hall–Kier alpha value is -2.12. The molecule has 0 N–H and O–H groups in total. The van der Waals surface area contributed by atoms with E-state index in [0.29, 0.717) is 15.6 Å². The molecule has 0 aliphatic heterocycles. The van der Waals surface area contributed by atoms with Crippen molar-refractivity contribution in [1.82, 2.24) is 0 Å². The number of hydrogen-bond acceptors (Lipinski definition) is 1. The van der Waals surface area contributed by atoms with Crippen molar-refractivity contribution >= 4 is 31.5 Å². The van der Waals surface area contributed by atoms with Crippen LogP contribution in [0.1, 0.15) is 20.6 Å². The highest BCUT2D eigenvalue weighted by molar-refractivity contribution is 7.25. The lowest BCUT2D eigenvalue weighted by Gasteiger charge is -2.07. The number of benzene rings is 3. The molecule has 4 rings (SSSR count). The zero-order valence-corrected chi connectivity index (χ0v) is 11.2. The molecule has 0 unspecified atom stereocenters. The topological polar surface area (TPSA) is 0 Å². The van der Waals surface area contributed by atoms with Crippen molar-refractivity contribution in [2.24, 2.45) is 0 Å². The molecule has 0 nitrogen and oxygen atoms in total. The van der Waals surface area contributed by atoms with Crippen molar-refractivity contribution in [3.8, 4) is 11.1 Å². The fraction of sp³-hybridized carbons (Fsp3) is 0.0526. The van der Waals surface area contributed by atoms with Crippen molar-refractivity contribution in [3.63, 3.8) is 0 Å². The molecule has 20 heavy (non-hydrogen) atoms. The highest BCUT2D eigenvalue weighted by atomic mass is 32.1. The van der Waals surface area contributed by atoms with Crippen LogP contribution in [0.5, 0.6) is 0 Å². The average Bonchev–Trinajstić information content (AvgIpc) is 3.15. The molecule has 0 atom stereocenters. The molecule has 0 spiro atoms. The van der Waals surface area contributed by atoms with Gasteiger partial charge >= 0.3 is 0 Å². The maximum atomic E-state index is 8.52. The molecule has 0 fully saturated rings. The number of hydrogen-bond donors (Lipinski definition) is 0. The lowest BCUT2D eigenvalue weighted by atomic mass is 9.96. The summed E-state index contributed by atoms with van der Waals surface area (Å²) in [6, 6.07) is -4.62. The Kier molecular flexibility index (Phi) is 1.12. The van der Waals surface area contributed by atoms with Gasteiger partial charge in [0.1, 0.15) is 0 Å². The third-order valence-corrected chi connectivity index (χ3v) is 4.16. The highest BCUT2D eigenvalue weighted by Crippen LogP contribution is 2.39. The monoisotopic (exact) mass is 285 g/mol. The summed E-state index contributed by atoms with van der Waals surface area (Å²) in [4.78, 5) is 0. The molecule has 0 bridgehead atoms.